The Kier molecular flexibility index (Phi) is 3.95. The van der Waals surface area contributed by atoms with Gasteiger partial charge in [0, 0.05) is 11.8 Å². The average Bonchev–Trinajstić information content (AvgIpc) is 2.77. The maximum atomic E-state index is 13.6. The monoisotopic (exact) mass is 367 g/mol. The lowest BCUT2D eigenvalue weighted by atomic mass is 10.3. The molecule has 0 aliphatic heterocycles. The number of nitrogens with zero attached hydrogens (tertiary/aromatic N) is 3. The zero-order valence-electron chi connectivity index (χ0n) is 11.3. The third-order valence-electron chi connectivity index (χ3n) is 3.25. The number of alkyl halides is 1. The molecular weight excluding hydrogens is 357 g/mol. The first-order valence-corrected chi connectivity index (χ1v) is 7.74. The first kappa shape index (κ1) is 14.5. The Morgan fingerprint density at radius 2 is 2.10 bits per heavy atom. The van der Waals surface area contributed by atoms with Crippen LogP contribution in [0.1, 0.15) is 17.2 Å². The Balaban J connectivity index is 2.14. The highest BCUT2D eigenvalue weighted by Crippen LogP contribution is 2.25. The van der Waals surface area contributed by atoms with Crippen molar-refractivity contribution in [3.8, 4) is 0 Å². The third kappa shape index (κ3) is 2.80. The first-order valence-electron chi connectivity index (χ1n) is 6.41. The molecule has 2 aromatic heterocycles. The standard InChI is InChI=1S/C15H12BrClFN3/c1-9-3-2-4-10(19-9)8-21-14-5-11(16)12(18)6-13(14)20-15(21)7-17/h2-6H,7-8H2,1H3. The SMILES string of the molecule is Cc1cccc(Cn2c(CCl)nc3cc(F)c(Br)cc32)n1. The van der Waals surface area contributed by atoms with Crippen LogP contribution in [0.15, 0.2) is 34.8 Å². The van der Waals surface area contributed by atoms with Crippen molar-refractivity contribution in [3.63, 3.8) is 0 Å². The van der Waals surface area contributed by atoms with Crippen LogP contribution in [0.5, 0.6) is 0 Å². The van der Waals surface area contributed by atoms with Crippen LogP contribution in [0.3, 0.4) is 0 Å². The van der Waals surface area contributed by atoms with Crippen molar-refractivity contribution in [2.75, 3.05) is 0 Å². The second-order valence-electron chi connectivity index (χ2n) is 4.77. The van der Waals surface area contributed by atoms with Gasteiger partial charge in [0.2, 0.25) is 0 Å². The fraction of sp³-hybridized carbons (Fsp3) is 0.200. The Hall–Kier alpha value is -1.46. The number of pyridine rings is 1. The largest absolute Gasteiger partial charge is 0.321 e. The number of hydrogen-bond acceptors (Lipinski definition) is 2. The summed E-state index contributed by atoms with van der Waals surface area (Å²) < 4.78 is 16.0. The molecule has 2 heterocycles. The molecule has 0 unspecified atom stereocenters. The molecule has 0 N–H and O–H groups in total. The van der Waals surface area contributed by atoms with Gasteiger partial charge in [-0.2, -0.15) is 0 Å². The third-order valence-corrected chi connectivity index (χ3v) is 4.10. The predicted molar refractivity (Wildman–Crippen MR) is 85.0 cm³/mol. The molecule has 0 radical (unpaired) electrons. The molecule has 0 aliphatic rings. The maximum Gasteiger partial charge on any atom is 0.139 e. The van der Waals surface area contributed by atoms with Gasteiger partial charge in [0.05, 0.1) is 33.6 Å². The van der Waals surface area contributed by atoms with E-state index in [2.05, 4.69) is 25.9 Å². The summed E-state index contributed by atoms with van der Waals surface area (Å²) in [5.74, 6) is 0.633. The molecule has 0 atom stereocenters. The van der Waals surface area contributed by atoms with E-state index < -0.39 is 0 Å². The fourth-order valence-corrected chi connectivity index (χ4v) is 2.83. The van der Waals surface area contributed by atoms with E-state index >= 15 is 0 Å². The minimum atomic E-state index is -0.332. The molecule has 0 aliphatic carbocycles. The van der Waals surface area contributed by atoms with Gasteiger partial charge >= 0.3 is 0 Å². The topological polar surface area (TPSA) is 30.7 Å². The Labute approximate surface area is 134 Å². The molecule has 3 nitrogen and oxygen atoms in total. The van der Waals surface area contributed by atoms with E-state index in [4.69, 9.17) is 11.6 Å². The molecule has 3 rings (SSSR count). The quantitative estimate of drug-likeness (QED) is 0.640. The maximum absolute atomic E-state index is 13.6. The van der Waals surface area contributed by atoms with Gasteiger partial charge in [0.25, 0.3) is 0 Å². The minimum Gasteiger partial charge on any atom is -0.321 e. The lowest BCUT2D eigenvalue weighted by Crippen LogP contribution is -2.06. The van der Waals surface area contributed by atoms with E-state index in [-0.39, 0.29) is 11.7 Å². The summed E-state index contributed by atoms with van der Waals surface area (Å²) in [6, 6.07) is 9.01. The minimum absolute atomic E-state index is 0.264. The molecule has 0 saturated carbocycles. The van der Waals surface area contributed by atoms with Crippen LogP contribution in [-0.4, -0.2) is 14.5 Å². The van der Waals surface area contributed by atoms with Crippen molar-refractivity contribution in [1.82, 2.24) is 14.5 Å². The average molecular weight is 369 g/mol. The summed E-state index contributed by atoms with van der Waals surface area (Å²) in [6.45, 7) is 2.50. The number of fused-ring (bicyclic) bond motifs is 1. The van der Waals surface area contributed by atoms with Crippen LogP contribution in [0, 0.1) is 12.7 Å². The summed E-state index contributed by atoms with van der Waals surface area (Å²) in [5.41, 5.74) is 3.30. The smallest absolute Gasteiger partial charge is 0.139 e. The molecule has 3 aromatic rings. The zero-order chi connectivity index (χ0) is 15.0. The molecule has 108 valence electrons. The van der Waals surface area contributed by atoms with Crippen molar-refractivity contribution >= 4 is 38.6 Å². The van der Waals surface area contributed by atoms with Gasteiger partial charge < -0.3 is 4.57 Å². The Bertz CT molecular complexity index is 816. The van der Waals surface area contributed by atoms with Crippen molar-refractivity contribution in [2.24, 2.45) is 0 Å². The fourth-order valence-electron chi connectivity index (χ4n) is 2.30. The molecule has 0 saturated heterocycles. The lowest BCUT2D eigenvalue weighted by molar-refractivity contribution is 0.622. The van der Waals surface area contributed by atoms with Crippen LogP contribution < -0.4 is 0 Å². The van der Waals surface area contributed by atoms with Crippen LogP contribution in [0.2, 0.25) is 0 Å². The van der Waals surface area contributed by atoms with Gasteiger partial charge in [-0.25, -0.2) is 9.37 Å². The number of rotatable bonds is 3. The van der Waals surface area contributed by atoms with E-state index in [0.717, 1.165) is 16.9 Å². The lowest BCUT2D eigenvalue weighted by Gasteiger charge is -2.08. The Morgan fingerprint density at radius 3 is 2.81 bits per heavy atom. The summed E-state index contributed by atoms with van der Waals surface area (Å²) >= 11 is 9.19. The van der Waals surface area contributed by atoms with Gasteiger partial charge in [0.15, 0.2) is 0 Å². The number of aromatic nitrogens is 3. The zero-order valence-corrected chi connectivity index (χ0v) is 13.6. The molecule has 0 amide bonds. The summed E-state index contributed by atoms with van der Waals surface area (Å²) in [7, 11) is 0. The number of imidazole rings is 1. The van der Waals surface area contributed by atoms with Crippen molar-refractivity contribution < 1.29 is 4.39 Å². The van der Waals surface area contributed by atoms with Crippen molar-refractivity contribution in [3.05, 3.63) is 57.8 Å². The molecule has 1 aromatic carbocycles. The molecular formula is C15H12BrClFN3. The van der Waals surface area contributed by atoms with Crippen molar-refractivity contribution in [1.29, 1.82) is 0 Å². The number of benzene rings is 1. The molecule has 21 heavy (non-hydrogen) atoms. The highest BCUT2D eigenvalue weighted by Gasteiger charge is 2.13. The summed E-state index contributed by atoms with van der Waals surface area (Å²) in [6.07, 6.45) is 0. The van der Waals surface area contributed by atoms with E-state index in [1.807, 2.05) is 29.7 Å². The van der Waals surface area contributed by atoms with Crippen LogP contribution in [-0.2, 0) is 12.4 Å². The highest BCUT2D eigenvalue weighted by atomic mass is 79.9. The molecule has 0 fully saturated rings. The van der Waals surface area contributed by atoms with E-state index in [1.54, 1.807) is 6.07 Å². The van der Waals surface area contributed by atoms with Crippen LogP contribution in [0.25, 0.3) is 11.0 Å². The summed E-state index contributed by atoms with van der Waals surface area (Å²) in [5, 5.41) is 0. The van der Waals surface area contributed by atoms with E-state index in [1.165, 1.54) is 6.07 Å². The van der Waals surface area contributed by atoms with Gasteiger partial charge in [0.1, 0.15) is 11.6 Å². The van der Waals surface area contributed by atoms with Gasteiger partial charge in [-0.1, -0.05) is 6.07 Å². The number of halogens is 3. The van der Waals surface area contributed by atoms with E-state index in [9.17, 15) is 4.39 Å². The molecule has 0 bridgehead atoms. The van der Waals surface area contributed by atoms with Gasteiger partial charge in [-0.05, 0) is 41.1 Å². The van der Waals surface area contributed by atoms with Gasteiger partial charge in [-0.3, -0.25) is 4.98 Å². The second kappa shape index (κ2) is 5.73. The second-order valence-corrected chi connectivity index (χ2v) is 5.89. The summed E-state index contributed by atoms with van der Waals surface area (Å²) in [4.78, 5) is 8.89. The Morgan fingerprint density at radius 1 is 1.29 bits per heavy atom. The van der Waals surface area contributed by atoms with Gasteiger partial charge in [-0.15, -0.1) is 11.6 Å². The number of hydrogen-bond donors (Lipinski definition) is 0. The normalized spacial score (nSPS) is 11.2. The van der Waals surface area contributed by atoms with Crippen LogP contribution >= 0.6 is 27.5 Å². The van der Waals surface area contributed by atoms with Crippen molar-refractivity contribution in [2.45, 2.75) is 19.3 Å². The van der Waals surface area contributed by atoms with E-state index in [0.29, 0.717) is 22.4 Å². The first-order chi connectivity index (χ1) is 10.1. The number of aryl methyl sites for hydroxylation is 1. The van der Waals surface area contributed by atoms with Crippen LogP contribution in [0.4, 0.5) is 4.39 Å². The predicted octanol–water partition coefficient (Wildman–Crippen LogP) is 4.43. The molecule has 6 heteroatoms. The molecule has 0 spiro atoms. The highest BCUT2D eigenvalue weighted by molar-refractivity contribution is 9.10.